The highest BCUT2D eigenvalue weighted by molar-refractivity contribution is 9.12. The van der Waals surface area contributed by atoms with Crippen LogP contribution in [0.15, 0.2) is 64.4 Å². The van der Waals surface area contributed by atoms with Crippen molar-refractivity contribution in [1.29, 1.82) is 0 Å². The molecule has 1 amide bonds. The summed E-state index contributed by atoms with van der Waals surface area (Å²) in [6.45, 7) is 0. The monoisotopic (exact) mass is 368 g/mol. The average molecular weight is 369 g/mol. The van der Waals surface area contributed by atoms with Gasteiger partial charge in [-0.1, -0.05) is 30.3 Å². The number of aromatic nitrogens is 2. The number of nitrogens with one attached hydrogen (secondary N) is 2. The minimum atomic E-state index is -0.280. The molecule has 3 rings (SSSR count). The zero-order valence-electron chi connectivity index (χ0n) is 12.0. The van der Waals surface area contributed by atoms with E-state index in [0.717, 1.165) is 21.1 Å². The SMILES string of the molecule is O=C(N/N=C\C(Br)=C\c1ccccc1)c1ccc2nc[nH]c2c1. The highest BCUT2D eigenvalue weighted by Gasteiger charge is 2.06. The summed E-state index contributed by atoms with van der Waals surface area (Å²) in [5, 5.41) is 3.95. The van der Waals surface area contributed by atoms with E-state index in [0.29, 0.717) is 5.56 Å². The Kier molecular flexibility index (Phi) is 4.63. The van der Waals surface area contributed by atoms with Gasteiger partial charge in [0.2, 0.25) is 0 Å². The predicted octanol–water partition coefficient (Wildman–Crippen LogP) is 3.71. The quantitative estimate of drug-likeness (QED) is 0.544. The number of carbonyl (C=O) groups is 1. The summed E-state index contributed by atoms with van der Waals surface area (Å²) in [5.41, 5.74) is 5.69. The normalized spacial score (nSPS) is 12.0. The van der Waals surface area contributed by atoms with Crippen LogP contribution >= 0.6 is 15.9 Å². The summed E-state index contributed by atoms with van der Waals surface area (Å²) < 4.78 is 0.757. The van der Waals surface area contributed by atoms with Gasteiger partial charge in [-0.05, 0) is 45.8 Å². The van der Waals surface area contributed by atoms with Crippen LogP contribution in [0.1, 0.15) is 15.9 Å². The van der Waals surface area contributed by atoms with E-state index in [1.165, 1.54) is 0 Å². The largest absolute Gasteiger partial charge is 0.345 e. The molecule has 1 aromatic heterocycles. The minimum Gasteiger partial charge on any atom is -0.345 e. The first kappa shape index (κ1) is 15.2. The Bertz CT molecular complexity index is 884. The van der Waals surface area contributed by atoms with E-state index in [9.17, 15) is 4.79 Å². The van der Waals surface area contributed by atoms with E-state index >= 15 is 0 Å². The third kappa shape index (κ3) is 3.92. The number of H-pyrrole nitrogens is 1. The van der Waals surface area contributed by atoms with Crippen molar-refractivity contribution in [3.8, 4) is 0 Å². The standard InChI is InChI=1S/C17H13BrN4O/c18-14(8-12-4-2-1-3-5-12)10-21-22-17(23)13-6-7-15-16(9-13)20-11-19-15/h1-11H,(H,19,20)(H,22,23)/b14-8-,21-10-. The van der Waals surface area contributed by atoms with Crippen LogP contribution in [0.5, 0.6) is 0 Å². The molecule has 0 bridgehead atoms. The first-order chi connectivity index (χ1) is 11.2. The van der Waals surface area contributed by atoms with Crippen LogP contribution in [0, 0.1) is 0 Å². The molecule has 0 radical (unpaired) electrons. The van der Waals surface area contributed by atoms with Crippen molar-refractivity contribution in [2.24, 2.45) is 5.10 Å². The molecule has 0 saturated carbocycles. The number of amides is 1. The van der Waals surface area contributed by atoms with Gasteiger partial charge in [-0.2, -0.15) is 5.10 Å². The molecule has 0 aliphatic carbocycles. The van der Waals surface area contributed by atoms with Gasteiger partial charge in [0, 0.05) is 10.0 Å². The number of fused-ring (bicyclic) bond motifs is 1. The van der Waals surface area contributed by atoms with Crippen molar-refractivity contribution in [3.05, 3.63) is 70.5 Å². The van der Waals surface area contributed by atoms with Gasteiger partial charge in [0.25, 0.3) is 5.91 Å². The molecule has 3 aromatic rings. The number of aromatic amines is 1. The van der Waals surface area contributed by atoms with Crippen molar-refractivity contribution < 1.29 is 4.79 Å². The highest BCUT2D eigenvalue weighted by atomic mass is 79.9. The molecule has 5 nitrogen and oxygen atoms in total. The zero-order valence-corrected chi connectivity index (χ0v) is 13.6. The Balaban J connectivity index is 1.65. The van der Waals surface area contributed by atoms with Gasteiger partial charge in [0.1, 0.15) is 0 Å². The fourth-order valence-electron chi connectivity index (χ4n) is 2.04. The van der Waals surface area contributed by atoms with Crippen LogP contribution in [0.4, 0.5) is 0 Å². The van der Waals surface area contributed by atoms with Crippen LogP contribution in [0.25, 0.3) is 17.1 Å². The van der Waals surface area contributed by atoms with Gasteiger partial charge >= 0.3 is 0 Å². The number of hydrazone groups is 1. The molecule has 0 aliphatic heterocycles. The summed E-state index contributed by atoms with van der Waals surface area (Å²) in [7, 11) is 0. The van der Waals surface area contributed by atoms with Crippen molar-refractivity contribution >= 4 is 45.2 Å². The van der Waals surface area contributed by atoms with Gasteiger partial charge in [-0.25, -0.2) is 10.4 Å². The topological polar surface area (TPSA) is 70.1 Å². The molecule has 0 atom stereocenters. The maximum absolute atomic E-state index is 12.1. The summed E-state index contributed by atoms with van der Waals surface area (Å²) >= 11 is 3.40. The first-order valence-corrected chi connectivity index (χ1v) is 7.70. The lowest BCUT2D eigenvalue weighted by atomic mass is 10.2. The number of benzene rings is 2. The van der Waals surface area contributed by atoms with E-state index in [2.05, 4.69) is 36.4 Å². The van der Waals surface area contributed by atoms with Crippen molar-refractivity contribution in [2.45, 2.75) is 0 Å². The van der Waals surface area contributed by atoms with Crippen LogP contribution in [-0.4, -0.2) is 22.1 Å². The zero-order chi connectivity index (χ0) is 16.1. The summed E-state index contributed by atoms with van der Waals surface area (Å²) in [4.78, 5) is 19.1. The Morgan fingerprint density at radius 2 is 2.04 bits per heavy atom. The van der Waals surface area contributed by atoms with E-state index in [-0.39, 0.29) is 5.91 Å². The Morgan fingerprint density at radius 3 is 2.87 bits per heavy atom. The predicted molar refractivity (Wildman–Crippen MR) is 95.4 cm³/mol. The molecule has 114 valence electrons. The second-order valence-electron chi connectivity index (χ2n) is 4.77. The highest BCUT2D eigenvalue weighted by Crippen LogP contribution is 2.12. The summed E-state index contributed by atoms with van der Waals surface area (Å²) in [6.07, 6.45) is 5.04. The molecule has 2 N–H and O–H groups in total. The third-order valence-electron chi connectivity index (χ3n) is 3.14. The Hall–Kier alpha value is -2.73. The molecule has 2 aromatic carbocycles. The first-order valence-electron chi connectivity index (χ1n) is 6.91. The van der Waals surface area contributed by atoms with Crippen LogP contribution in [-0.2, 0) is 0 Å². The Labute approximate surface area is 141 Å². The summed E-state index contributed by atoms with van der Waals surface area (Å²) in [5.74, 6) is -0.280. The fraction of sp³-hybridized carbons (Fsp3) is 0. The lowest BCUT2D eigenvalue weighted by Crippen LogP contribution is -2.17. The molecule has 0 aliphatic rings. The molecule has 0 fully saturated rings. The smallest absolute Gasteiger partial charge is 0.271 e. The van der Waals surface area contributed by atoms with Gasteiger partial charge in [0.15, 0.2) is 0 Å². The maximum atomic E-state index is 12.1. The minimum absolute atomic E-state index is 0.280. The van der Waals surface area contributed by atoms with Crippen molar-refractivity contribution in [2.75, 3.05) is 0 Å². The number of allylic oxidation sites excluding steroid dienone is 1. The molecule has 0 spiro atoms. The lowest BCUT2D eigenvalue weighted by molar-refractivity contribution is 0.0955. The van der Waals surface area contributed by atoms with Gasteiger partial charge in [-0.15, -0.1) is 0 Å². The summed E-state index contributed by atoms with van der Waals surface area (Å²) in [6, 6.07) is 15.1. The van der Waals surface area contributed by atoms with Gasteiger partial charge < -0.3 is 4.98 Å². The van der Waals surface area contributed by atoms with E-state index in [1.54, 1.807) is 30.7 Å². The number of nitrogens with zero attached hydrogens (tertiary/aromatic N) is 2. The van der Waals surface area contributed by atoms with Crippen LogP contribution < -0.4 is 5.43 Å². The molecule has 0 unspecified atom stereocenters. The van der Waals surface area contributed by atoms with Gasteiger partial charge in [-0.3, -0.25) is 4.79 Å². The molecular weight excluding hydrogens is 356 g/mol. The van der Waals surface area contributed by atoms with Crippen molar-refractivity contribution in [3.63, 3.8) is 0 Å². The van der Waals surface area contributed by atoms with Crippen LogP contribution in [0.3, 0.4) is 0 Å². The van der Waals surface area contributed by atoms with E-state index in [4.69, 9.17) is 0 Å². The van der Waals surface area contributed by atoms with E-state index in [1.807, 2.05) is 36.4 Å². The number of imidazole rings is 1. The number of rotatable bonds is 4. The molecular formula is C17H13BrN4O. The second kappa shape index (κ2) is 7.02. The molecule has 23 heavy (non-hydrogen) atoms. The lowest BCUT2D eigenvalue weighted by Gasteiger charge is -1.99. The molecule has 6 heteroatoms. The number of halogens is 1. The van der Waals surface area contributed by atoms with Gasteiger partial charge in [0.05, 0.1) is 23.6 Å². The molecule has 1 heterocycles. The second-order valence-corrected chi connectivity index (χ2v) is 5.69. The van der Waals surface area contributed by atoms with Crippen LogP contribution in [0.2, 0.25) is 0 Å². The third-order valence-corrected chi connectivity index (χ3v) is 3.57. The number of hydrogen-bond acceptors (Lipinski definition) is 3. The average Bonchev–Trinajstić information content (AvgIpc) is 3.03. The number of hydrogen-bond donors (Lipinski definition) is 2. The maximum Gasteiger partial charge on any atom is 0.271 e. The van der Waals surface area contributed by atoms with E-state index < -0.39 is 0 Å². The van der Waals surface area contributed by atoms with Crippen molar-refractivity contribution in [1.82, 2.24) is 15.4 Å². The fourth-order valence-corrected chi connectivity index (χ4v) is 2.41. The Morgan fingerprint density at radius 1 is 1.22 bits per heavy atom. The number of carbonyl (C=O) groups excluding carboxylic acids is 1. The molecule has 0 saturated heterocycles.